The monoisotopic (exact) mass is 534 g/mol. The number of benzene rings is 2. The first-order chi connectivity index (χ1) is 16.8. The van der Waals surface area contributed by atoms with Crippen LogP contribution in [0.2, 0.25) is 10.0 Å². The van der Waals surface area contributed by atoms with Crippen molar-refractivity contribution in [2.75, 3.05) is 5.32 Å². The summed E-state index contributed by atoms with van der Waals surface area (Å²) in [6, 6.07) is 10.0. The molecule has 1 aliphatic carbocycles. The number of carbonyl (C=O) groups is 4. The summed E-state index contributed by atoms with van der Waals surface area (Å²) in [5, 5.41) is 25.0. The Morgan fingerprint density at radius 3 is 2.08 bits per heavy atom. The molecule has 0 spiro atoms. The molecule has 3 rings (SSSR count). The molecule has 4 N–H and O–H groups in total. The average molecular weight is 535 g/mol. The highest BCUT2D eigenvalue weighted by Crippen LogP contribution is 2.56. The predicted octanol–water partition coefficient (Wildman–Crippen LogP) is 4.88. The fraction of sp³-hybridized carbons (Fsp3) is 0.385. The zero-order chi connectivity index (χ0) is 26.8. The van der Waals surface area contributed by atoms with Crippen LogP contribution in [0.25, 0.3) is 0 Å². The molecule has 1 aliphatic rings. The second-order valence-corrected chi connectivity index (χ2v) is 10.6. The average Bonchev–Trinajstić information content (AvgIpc) is 3.04. The summed E-state index contributed by atoms with van der Waals surface area (Å²) in [7, 11) is 0. The van der Waals surface area contributed by atoms with Gasteiger partial charge >= 0.3 is 11.9 Å². The number of amides is 2. The molecule has 1 saturated carbocycles. The van der Waals surface area contributed by atoms with Crippen LogP contribution in [0, 0.1) is 16.7 Å². The van der Waals surface area contributed by atoms with E-state index in [9.17, 15) is 29.4 Å². The second kappa shape index (κ2) is 10.5. The molecule has 0 aliphatic heterocycles. The van der Waals surface area contributed by atoms with Crippen LogP contribution in [0.5, 0.6) is 0 Å². The number of carbonyl (C=O) groups excluding carboxylic acids is 2. The number of carboxylic acids is 2. The Bertz CT molecular complexity index is 1180. The Labute approximate surface area is 219 Å². The SMILES string of the molecule is CC1(C)[C@@H](C(=O)O)CC[C@]1(C)C(=O)N[C@H](Cc1ccc(NC(=O)c2c(Cl)cccc2Cl)cc1)C(=O)O. The van der Waals surface area contributed by atoms with Crippen LogP contribution in [-0.2, 0) is 20.8 Å². The molecule has 0 radical (unpaired) electrons. The lowest BCUT2D eigenvalue weighted by Gasteiger charge is -2.39. The fourth-order valence-corrected chi connectivity index (χ4v) is 5.29. The van der Waals surface area contributed by atoms with Crippen molar-refractivity contribution >= 4 is 52.6 Å². The summed E-state index contributed by atoms with van der Waals surface area (Å²) in [5.41, 5.74) is -0.660. The Morgan fingerprint density at radius 1 is 1.00 bits per heavy atom. The van der Waals surface area contributed by atoms with Gasteiger partial charge in [-0.1, -0.05) is 62.2 Å². The quantitative estimate of drug-likeness (QED) is 0.381. The molecule has 10 heteroatoms. The van der Waals surface area contributed by atoms with Crippen LogP contribution < -0.4 is 10.6 Å². The minimum atomic E-state index is -1.21. The molecule has 0 saturated heterocycles. The molecular weight excluding hydrogens is 507 g/mol. The molecule has 192 valence electrons. The van der Waals surface area contributed by atoms with Gasteiger partial charge in [-0.25, -0.2) is 4.79 Å². The largest absolute Gasteiger partial charge is 0.481 e. The van der Waals surface area contributed by atoms with Crippen molar-refractivity contribution in [2.45, 2.75) is 46.1 Å². The van der Waals surface area contributed by atoms with Crippen molar-refractivity contribution in [3.05, 3.63) is 63.6 Å². The van der Waals surface area contributed by atoms with Crippen LogP contribution in [0.1, 0.15) is 49.5 Å². The highest BCUT2D eigenvalue weighted by atomic mass is 35.5. The zero-order valence-electron chi connectivity index (χ0n) is 20.1. The van der Waals surface area contributed by atoms with E-state index < -0.39 is 46.5 Å². The number of carboxylic acid groups (broad SMARTS) is 2. The molecule has 0 unspecified atom stereocenters. The van der Waals surface area contributed by atoms with E-state index in [4.69, 9.17) is 23.2 Å². The topological polar surface area (TPSA) is 133 Å². The number of anilines is 1. The molecule has 0 heterocycles. The molecule has 2 aromatic carbocycles. The standard InChI is InChI=1S/C26H28Cl2N2O6/c1-25(2)16(22(32)33)11-12-26(25,3)24(36)30-19(23(34)35)13-14-7-9-15(10-8-14)29-21(31)20-17(27)5-4-6-18(20)28/h4-10,16,19H,11-13H2,1-3H3,(H,29,31)(H,30,36)(H,32,33)(H,34,35)/t16-,19-,26-/m1/s1. The van der Waals surface area contributed by atoms with Gasteiger partial charge < -0.3 is 20.8 Å². The first kappa shape index (κ1) is 27.5. The van der Waals surface area contributed by atoms with E-state index in [1.807, 2.05) is 0 Å². The van der Waals surface area contributed by atoms with Gasteiger partial charge in [-0.3, -0.25) is 14.4 Å². The molecule has 8 nitrogen and oxygen atoms in total. The Hall–Kier alpha value is -3.10. The van der Waals surface area contributed by atoms with Crippen molar-refractivity contribution < 1.29 is 29.4 Å². The summed E-state index contributed by atoms with van der Waals surface area (Å²) in [6.45, 7) is 5.15. The van der Waals surface area contributed by atoms with Gasteiger partial charge in [0, 0.05) is 12.1 Å². The normalized spacial score (nSPS) is 21.4. The van der Waals surface area contributed by atoms with Crippen molar-refractivity contribution in [2.24, 2.45) is 16.7 Å². The van der Waals surface area contributed by atoms with E-state index in [-0.39, 0.29) is 22.0 Å². The van der Waals surface area contributed by atoms with Gasteiger partial charge in [0.05, 0.1) is 26.9 Å². The predicted molar refractivity (Wildman–Crippen MR) is 136 cm³/mol. The first-order valence-corrected chi connectivity index (χ1v) is 12.1. The van der Waals surface area contributed by atoms with Crippen LogP contribution in [0.15, 0.2) is 42.5 Å². The molecular formula is C26H28Cl2N2O6. The van der Waals surface area contributed by atoms with E-state index in [0.717, 1.165) is 0 Å². The van der Waals surface area contributed by atoms with E-state index in [1.165, 1.54) is 0 Å². The number of hydrogen-bond donors (Lipinski definition) is 4. The molecule has 0 aromatic heterocycles. The van der Waals surface area contributed by atoms with Gasteiger partial charge in [0.2, 0.25) is 5.91 Å². The van der Waals surface area contributed by atoms with E-state index in [0.29, 0.717) is 24.1 Å². The molecule has 2 amide bonds. The number of hydrogen-bond acceptors (Lipinski definition) is 4. The van der Waals surface area contributed by atoms with Crippen LogP contribution >= 0.6 is 23.2 Å². The number of rotatable bonds is 8. The lowest BCUT2D eigenvalue weighted by atomic mass is 9.65. The highest BCUT2D eigenvalue weighted by molar-refractivity contribution is 6.40. The summed E-state index contributed by atoms with van der Waals surface area (Å²) >= 11 is 12.2. The van der Waals surface area contributed by atoms with Crippen molar-refractivity contribution in [1.82, 2.24) is 5.32 Å². The Kier molecular flexibility index (Phi) is 8.00. The van der Waals surface area contributed by atoms with Gasteiger partial charge in [0.25, 0.3) is 5.91 Å². The number of nitrogens with one attached hydrogen (secondary N) is 2. The molecule has 1 fully saturated rings. The van der Waals surface area contributed by atoms with Crippen LogP contribution in [-0.4, -0.2) is 40.0 Å². The Balaban J connectivity index is 1.70. The second-order valence-electron chi connectivity index (χ2n) is 9.80. The minimum absolute atomic E-state index is 0.00447. The third-order valence-electron chi connectivity index (χ3n) is 7.47. The Morgan fingerprint density at radius 2 is 1.58 bits per heavy atom. The molecule has 3 atom stereocenters. The minimum Gasteiger partial charge on any atom is -0.481 e. The summed E-state index contributed by atoms with van der Waals surface area (Å²) in [5.74, 6) is -3.83. The summed E-state index contributed by atoms with van der Waals surface area (Å²) < 4.78 is 0. The van der Waals surface area contributed by atoms with Gasteiger partial charge in [-0.15, -0.1) is 0 Å². The molecule has 0 bridgehead atoms. The lowest BCUT2D eigenvalue weighted by Crippen LogP contribution is -2.53. The zero-order valence-corrected chi connectivity index (χ0v) is 21.6. The maximum Gasteiger partial charge on any atom is 0.326 e. The van der Waals surface area contributed by atoms with Crippen LogP contribution in [0.3, 0.4) is 0 Å². The van der Waals surface area contributed by atoms with Crippen molar-refractivity contribution in [3.63, 3.8) is 0 Å². The smallest absolute Gasteiger partial charge is 0.326 e. The third-order valence-corrected chi connectivity index (χ3v) is 8.10. The van der Waals surface area contributed by atoms with Crippen molar-refractivity contribution in [3.8, 4) is 0 Å². The van der Waals surface area contributed by atoms with Crippen molar-refractivity contribution in [1.29, 1.82) is 0 Å². The maximum atomic E-state index is 13.2. The van der Waals surface area contributed by atoms with Gasteiger partial charge in [0.1, 0.15) is 6.04 Å². The van der Waals surface area contributed by atoms with E-state index >= 15 is 0 Å². The maximum absolute atomic E-state index is 13.2. The van der Waals surface area contributed by atoms with Gasteiger partial charge in [-0.05, 0) is 48.1 Å². The molecule has 2 aromatic rings. The fourth-order valence-electron chi connectivity index (χ4n) is 4.72. The number of halogens is 2. The summed E-state index contributed by atoms with van der Waals surface area (Å²) in [4.78, 5) is 49.3. The van der Waals surface area contributed by atoms with E-state index in [1.54, 1.807) is 63.2 Å². The number of aliphatic carboxylic acids is 2. The van der Waals surface area contributed by atoms with Crippen LogP contribution in [0.4, 0.5) is 5.69 Å². The first-order valence-electron chi connectivity index (χ1n) is 11.4. The van der Waals surface area contributed by atoms with Gasteiger partial charge in [-0.2, -0.15) is 0 Å². The van der Waals surface area contributed by atoms with E-state index in [2.05, 4.69) is 10.6 Å². The molecule has 36 heavy (non-hydrogen) atoms. The van der Waals surface area contributed by atoms with Gasteiger partial charge in [0.15, 0.2) is 0 Å². The summed E-state index contributed by atoms with van der Waals surface area (Å²) in [6.07, 6.45) is 0.695. The third kappa shape index (κ3) is 5.34. The lowest BCUT2D eigenvalue weighted by molar-refractivity contribution is -0.151. The highest BCUT2D eigenvalue weighted by Gasteiger charge is 2.58.